The highest BCUT2D eigenvalue weighted by molar-refractivity contribution is 8.00. The van der Waals surface area contributed by atoms with Crippen molar-refractivity contribution in [2.24, 2.45) is 0 Å². The molecule has 0 radical (unpaired) electrons. The van der Waals surface area contributed by atoms with E-state index in [-0.39, 0.29) is 17.5 Å². The number of ether oxygens (including phenoxy) is 1. The van der Waals surface area contributed by atoms with Crippen LogP contribution in [-0.2, 0) is 32.1 Å². The van der Waals surface area contributed by atoms with E-state index in [1.165, 1.54) is 37.1 Å². The van der Waals surface area contributed by atoms with Crippen molar-refractivity contribution in [1.82, 2.24) is 15.2 Å². The quantitative estimate of drug-likeness (QED) is 0.0768. The van der Waals surface area contributed by atoms with Gasteiger partial charge in [-0.25, -0.2) is 4.79 Å². The number of hydrogen-bond acceptors (Lipinski definition) is 9. The number of fused-ring (bicyclic) bond motifs is 1. The number of thioether (sulfide) groups is 1. The highest BCUT2D eigenvalue weighted by Crippen LogP contribution is 2.41. The Morgan fingerprint density at radius 3 is 2.38 bits per heavy atom. The van der Waals surface area contributed by atoms with Crippen molar-refractivity contribution < 1.29 is 28.7 Å². The van der Waals surface area contributed by atoms with Gasteiger partial charge in [0.1, 0.15) is 15.9 Å². The lowest BCUT2D eigenvalue weighted by molar-refractivity contribution is -0.129. The number of hydrogen-bond donors (Lipinski definition) is 3. The summed E-state index contributed by atoms with van der Waals surface area (Å²) < 4.78 is 5.10. The summed E-state index contributed by atoms with van der Waals surface area (Å²) in [5.41, 5.74) is 3.26. The van der Waals surface area contributed by atoms with Gasteiger partial charge in [-0.3, -0.25) is 24.2 Å². The number of nitrogens with zero attached hydrogens (tertiary/aromatic N) is 2. The molecule has 1 atom stereocenters. The van der Waals surface area contributed by atoms with Gasteiger partial charge in [0.2, 0.25) is 11.8 Å². The average Bonchev–Trinajstić information content (AvgIpc) is 3.54. The van der Waals surface area contributed by atoms with Gasteiger partial charge in [-0.2, -0.15) is 0 Å². The van der Waals surface area contributed by atoms with E-state index in [0.717, 1.165) is 16.0 Å². The second-order valence-corrected chi connectivity index (χ2v) is 14.2. The summed E-state index contributed by atoms with van der Waals surface area (Å²) in [6.45, 7) is 2.32. The number of anilines is 2. The number of pyridine rings is 1. The zero-order valence-corrected chi connectivity index (χ0v) is 30.5. The summed E-state index contributed by atoms with van der Waals surface area (Å²) in [6, 6.07) is 28.3. The third-order valence-corrected chi connectivity index (χ3v) is 10.7. The number of benzene rings is 3. The van der Waals surface area contributed by atoms with Crippen LogP contribution in [0.15, 0.2) is 120 Å². The minimum atomic E-state index is -0.758. The van der Waals surface area contributed by atoms with Crippen LogP contribution < -0.4 is 16.0 Å². The SMILES string of the molecule is COC(=O)c1c(NC(=O)C(Sc2cccc(NC(=O)/C(=C/c3cccnc3)NC(=O)c3ccccc3)c2)c2ccccc2)sc2c1CCN(C(C)=O)C2. The first-order valence-corrected chi connectivity index (χ1v) is 18.3. The molecule has 3 aromatic carbocycles. The Kier molecular flexibility index (Phi) is 11.8. The van der Waals surface area contributed by atoms with Gasteiger partial charge in [0, 0.05) is 46.9 Å². The molecule has 11 nitrogen and oxygen atoms in total. The topological polar surface area (TPSA) is 147 Å². The predicted octanol–water partition coefficient (Wildman–Crippen LogP) is 6.72. The lowest BCUT2D eigenvalue weighted by Crippen LogP contribution is -2.33. The van der Waals surface area contributed by atoms with Gasteiger partial charge in [0.15, 0.2) is 0 Å². The molecule has 0 fully saturated rings. The summed E-state index contributed by atoms with van der Waals surface area (Å²) >= 11 is 2.53. The largest absolute Gasteiger partial charge is 0.465 e. The number of carbonyl (C=O) groups is 5. The Morgan fingerprint density at radius 2 is 1.68 bits per heavy atom. The first-order valence-electron chi connectivity index (χ1n) is 16.6. The number of thiophene rings is 1. The minimum Gasteiger partial charge on any atom is -0.465 e. The van der Waals surface area contributed by atoms with Crippen molar-refractivity contribution in [2.45, 2.75) is 30.0 Å². The molecule has 0 bridgehead atoms. The lowest BCUT2D eigenvalue weighted by atomic mass is 10.0. The molecule has 4 amide bonds. The van der Waals surface area contributed by atoms with E-state index in [9.17, 15) is 24.0 Å². The molecule has 13 heteroatoms. The van der Waals surface area contributed by atoms with Crippen molar-refractivity contribution in [3.8, 4) is 0 Å². The Labute approximate surface area is 314 Å². The molecule has 5 aromatic rings. The second-order valence-electron chi connectivity index (χ2n) is 11.9. The number of amides is 4. The molecule has 6 rings (SSSR count). The number of methoxy groups -OCH3 is 1. The zero-order chi connectivity index (χ0) is 37.3. The Morgan fingerprint density at radius 1 is 0.925 bits per heavy atom. The van der Waals surface area contributed by atoms with Crippen molar-refractivity contribution in [3.05, 3.63) is 148 Å². The standard InChI is InChI=1S/C40H35N5O6S2/c1-25(46)45-20-18-31-33(24-45)53-39(34(31)40(50)51-2)44-38(49)35(27-12-5-3-6-13-27)52-30-17-9-16-29(22-30)42-37(48)32(21-26-11-10-19-41-23-26)43-36(47)28-14-7-4-8-15-28/h3-17,19,21-23,35H,18,20,24H2,1-2H3,(H,42,48)(H,43,47)(H,44,49)/b32-21-. The molecule has 3 heterocycles. The maximum absolute atomic E-state index is 14.1. The minimum absolute atomic E-state index is 0.0120. The van der Waals surface area contributed by atoms with Crippen LogP contribution in [0.4, 0.5) is 10.7 Å². The van der Waals surface area contributed by atoms with Gasteiger partial charge >= 0.3 is 5.97 Å². The van der Waals surface area contributed by atoms with Gasteiger partial charge < -0.3 is 25.6 Å². The van der Waals surface area contributed by atoms with E-state index < -0.39 is 23.0 Å². The molecule has 1 aliphatic rings. The number of aromatic nitrogens is 1. The highest BCUT2D eigenvalue weighted by atomic mass is 32.2. The summed E-state index contributed by atoms with van der Waals surface area (Å²) in [4.78, 5) is 73.2. The monoisotopic (exact) mass is 745 g/mol. The van der Waals surface area contributed by atoms with E-state index >= 15 is 0 Å². The van der Waals surface area contributed by atoms with Crippen molar-refractivity contribution in [2.75, 3.05) is 24.3 Å². The van der Waals surface area contributed by atoms with Gasteiger partial charge in [0.25, 0.3) is 11.8 Å². The molecule has 0 aliphatic carbocycles. The van der Waals surface area contributed by atoms with E-state index in [1.807, 2.05) is 36.4 Å². The van der Waals surface area contributed by atoms with Crippen LogP contribution >= 0.6 is 23.1 Å². The van der Waals surface area contributed by atoms with E-state index in [2.05, 4.69) is 20.9 Å². The first-order chi connectivity index (χ1) is 25.7. The normalized spacial score (nSPS) is 12.9. The number of esters is 1. The fourth-order valence-corrected chi connectivity index (χ4v) is 8.05. The fourth-order valence-electron chi connectivity index (χ4n) is 5.71. The molecule has 2 aromatic heterocycles. The molecule has 3 N–H and O–H groups in total. The summed E-state index contributed by atoms with van der Waals surface area (Å²) in [5.74, 6) is -2.00. The highest BCUT2D eigenvalue weighted by Gasteiger charge is 2.32. The molecule has 53 heavy (non-hydrogen) atoms. The summed E-state index contributed by atoms with van der Waals surface area (Å²) in [7, 11) is 1.30. The predicted molar refractivity (Wildman–Crippen MR) is 205 cm³/mol. The molecule has 268 valence electrons. The fraction of sp³-hybridized carbons (Fsp3) is 0.150. The van der Waals surface area contributed by atoms with Crippen molar-refractivity contribution >= 4 is 69.5 Å². The third kappa shape index (κ3) is 9.07. The molecule has 1 unspecified atom stereocenters. The van der Waals surface area contributed by atoms with Gasteiger partial charge in [-0.05, 0) is 65.6 Å². The van der Waals surface area contributed by atoms with Gasteiger partial charge in [0.05, 0.1) is 19.2 Å². The van der Waals surface area contributed by atoms with E-state index in [1.54, 1.807) is 84.0 Å². The van der Waals surface area contributed by atoms with E-state index in [0.29, 0.717) is 51.8 Å². The van der Waals surface area contributed by atoms with Crippen LogP contribution in [0, 0.1) is 0 Å². The van der Waals surface area contributed by atoms with Crippen LogP contribution in [0.5, 0.6) is 0 Å². The van der Waals surface area contributed by atoms with Crippen LogP contribution in [0.3, 0.4) is 0 Å². The van der Waals surface area contributed by atoms with Crippen molar-refractivity contribution in [3.63, 3.8) is 0 Å². The summed E-state index contributed by atoms with van der Waals surface area (Å²) in [5, 5.41) is 8.20. The number of nitrogens with one attached hydrogen (secondary N) is 3. The Bertz CT molecular complexity index is 2170. The molecule has 0 saturated carbocycles. The van der Waals surface area contributed by atoms with Gasteiger partial charge in [-0.15, -0.1) is 23.1 Å². The molecule has 1 aliphatic heterocycles. The maximum Gasteiger partial charge on any atom is 0.341 e. The first kappa shape index (κ1) is 36.7. The third-order valence-electron chi connectivity index (χ3n) is 8.34. The Balaban J connectivity index is 1.24. The van der Waals surface area contributed by atoms with Crippen LogP contribution in [0.25, 0.3) is 6.08 Å². The van der Waals surface area contributed by atoms with Crippen LogP contribution in [0.2, 0.25) is 0 Å². The number of carbonyl (C=O) groups excluding carboxylic acids is 5. The van der Waals surface area contributed by atoms with Crippen LogP contribution in [-0.4, -0.2) is 53.1 Å². The van der Waals surface area contributed by atoms with Crippen LogP contribution in [0.1, 0.15) is 54.5 Å². The van der Waals surface area contributed by atoms with Crippen molar-refractivity contribution in [1.29, 1.82) is 0 Å². The average molecular weight is 746 g/mol. The molecule has 0 saturated heterocycles. The second kappa shape index (κ2) is 17.0. The van der Waals surface area contributed by atoms with E-state index in [4.69, 9.17) is 4.74 Å². The maximum atomic E-state index is 14.1. The molecule has 0 spiro atoms. The number of rotatable bonds is 11. The molecular weight excluding hydrogens is 711 g/mol. The summed E-state index contributed by atoms with van der Waals surface area (Å²) in [6.07, 6.45) is 5.20. The Hall–Kier alpha value is -6.05. The lowest BCUT2D eigenvalue weighted by Gasteiger charge is -2.25. The smallest absolute Gasteiger partial charge is 0.341 e. The van der Waals surface area contributed by atoms with Gasteiger partial charge in [-0.1, -0.05) is 60.7 Å². The molecular formula is C40H35N5O6S2. The zero-order valence-electron chi connectivity index (χ0n) is 28.8.